The number of hydrogen-bond acceptors (Lipinski definition) is 15. The van der Waals surface area contributed by atoms with Gasteiger partial charge in [-0.05, 0) is 100.0 Å². The van der Waals surface area contributed by atoms with Crippen LogP contribution in [0, 0.1) is 0 Å². The molecule has 6 N–H and O–H groups in total. The van der Waals surface area contributed by atoms with Crippen LogP contribution < -0.4 is 16.4 Å². The largest absolute Gasteiger partial charge is 0.488 e. The van der Waals surface area contributed by atoms with Crippen molar-refractivity contribution in [1.82, 2.24) is 48.6 Å². The average Bonchev–Trinajstić information content (AvgIpc) is 1.56. The third-order valence-corrected chi connectivity index (χ3v) is 20.4. The average molecular weight is 1490 g/mol. The van der Waals surface area contributed by atoms with E-state index < -0.39 is 81.8 Å². The number of para-hydroxylation sites is 4. The van der Waals surface area contributed by atoms with Gasteiger partial charge in [0, 0.05) is 71.2 Å². The fourth-order valence-electron chi connectivity index (χ4n) is 15.2. The third kappa shape index (κ3) is 12.0. The molecule has 22 rings (SSSR count). The first-order chi connectivity index (χ1) is 60.2. The van der Waals surface area contributed by atoms with Crippen LogP contribution in [0.25, 0.3) is 195 Å². The van der Waals surface area contributed by atoms with E-state index in [4.69, 9.17) is 42.5 Å². The molecule has 0 saturated heterocycles. The van der Waals surface area contributed by atoms with Crippen LogP contribution in [0.15, 0.2) is 342 Å². The molecule has 21 heteroatoms. The van der Waals surface area contributed by atoms with E-state index in [2.05, 4.69) is 33.2 Å². The summed E-state index contributed by atoms with van der Waals surface area (Å²) in [4.78, 5) is 33.5. The molecule has 0 spiro atoms. The van der Waals surface area contributed by atoms with Crippen LogP contribution in [-0.4, -0.2) is 100 Å². The maximum atomic E-state index is 9.84. The Bertz CT molecular complexity index is 8020. The molecule has 0 saturated carbocycles. The highest BCUT2D eigenvalue weighted by Crippen LogP contribution is 2.42. The van der Waals surface area contributed by atoms with Gasteiger partial charge in [0.05, 0.1) is 63.3 Å². The lowest BCUT2D eigenvalue weighted by molar-refractivity contribution is 0.424. The Hall–Kier alpha value is -14.5. The number of rotatable bonds is 11. The van der Waals surface area contributed by atoms with Crippen molar-refractivity contribution < 1.29 is 52.7 Å². The molecule has 540 valence electrons. The van der Waals surface area contributed by atoms with Gasteiger partial charge < -0.3 is 43.5 Å². The molecule has 0 amide bonds. The zero-order valence-electron chi connectivity index (χ0n) is 69.7. The molecule has 0 aliphatic carbocycles. The summed E-state index contributed by atoms with van der Waals surface area (Å²) in [6.07, 6.45) is 0. The first kappa shape index (κ1) is 58.4. The lowest BCUT2D eigenvalue weighted by Gasteiger charge is -2.11. The minimum atomic E-state index is -1.64. The minimum Gasteiger partial charge on any atom is -0.452 e. The lowest BCUT2D eigenvalue weighted by atomic mass is 9.80. The second-order valence-corrected chi connectivity index (χ2v) is 27.1. The minimum absolute atomic E-state index is 0.0426. The third-order valence-electron chi connectivity index (χ3n) is 20.4. The van der Waals surface area contributed by atoms with E-state index in [-0.39, 0.29) is 28.6 Å². The predicted octanol–water partition coefficient (Wildman–Crippen LogP) is 16.4. The van der Waals surface area contributed by atoms with E-state index >= 15 is 0 Å². The molecule has 0 fully saturated rings. The Kier molecular flexibility index (Phi) is 14.6. The molecule has 8 aromatic heterocycles. The van der Waals surface area contributed by atoms with Gasteiger partial charge in [-0.2, -0.15) is 4.98 Å². The summed E-state index contributed by atoms with van der Waals surface area (Å²) in [6.45, 7) is 0. The van der Waals surface area contributed by atoms with E-state index in [9.17, 15) is 30.1 Å². The van der Waals surface area contributed by atoms with Crippen molar-refractivity contribution in [2.24, 2.45) is 0 Å². The molecule has 114 heavy (non-hydrogen) atoms. The summed E-state index contributed by atoms with van der Waals surface area (Å²) in [6, 6.07) is 80.7. The van der Waals surface area contributed by atoms with Crippen molar-refractivity contribution in [3.05, 3.63) is 333 Å². The number of nitrogens with zero attached hydrogens (tertiary/aromatic N) is 10. The van der Waals surface area contributed by atoms with Crippen molar-refractivity contribution in [3.8, 4) is 74.3 Å². The molecule has 0 unspecified atom stereocenters. The van der Waals surface area contributed by atoms with Gasteiger partial charge in [-0.1, -0.05) is 261 Å². The van der Waals surface area contributed by atoms with Gasteiger partial charge in [0.15, 0.2) is 23.1 Å². The smallest absolute Gasteiger partial charge is 0.452 e. The fraction of sp³-hybridized carbons (Fsp3) is 0. The monoisotopic (exact) mass is 1490 g/mol. The summed E-state index contributed by atoms with van der Waals surface area (Å²) in [5.41, 5.74) is 13.7. The van der Waals surface area contributed by atoms with E-state index in [1.165, 1.54) is 0 Å². The van der Waals surface area contributed by atoms with Gasteiger partial charge in [-0.3, -0.25) is 9.13 Å². The second kappa shape index (κ2) is 28.4. The SMILES string of the molecule is OB(O)c1ccc2c(c1)c1ccccc1n2-c1nc(-c2ccccc2)c2c(n1)oc1ccccc12.OB(O)c1ccc2c(c1)c1ccccc1n2-c1nc(-c2ccccc2)c2oc3ccc4ccccc4c3c2n1.[2H]c1c([2H])c([2H])c(-c2nc(-c3ccc(-n4c5ccccc5c5cc(B(O)O)ccc54)cc3)nc(-c3c([2H])c([2H])c([2H])c([2H])c3[2H])n2)c([2H])c1[2H]. The molecule has 0 aliphatic rings. The summed E-state index contributed by atoms with van der Waals surface area (Å²) in [7, 11) is -4.74. The zero-order valence-corrected chi connectivity index (χ0v) is 59.7. The predicted molar refractivity (Wildman–Crippen MR) is 456 cm³/mol. The zero-order chi connectivity index (χ0) is 85.4. The van der Waals surface area contributed by atoms with Crippen molar-refractivity contribution in [1.29, 1.82) is 0 Å². The van der Waals surface area contributed by atoms with Crippen LogP contribution in [0.4, 0.5) is 0 Å². The molecular formula is C93H61B3N10O8. The molecule has 8 heterocycles. The highest BCUT2D eigenvalue weighted by molar-refractivity contribution is 6.60. The Morgan fingerprint density at radius 1 is 0.289 bits per heavy atom. The van der Waals surface area contributed by atoms with E-state index in [0.717, 1.165) is 132 Å². The number of benzene rings is 14. The Morgan fingerprint density at radius 2 is 0.711 bits per heavy atom. The van der Waals surface area contributed by atoms with Crippen molar-refractivity contribution >= 4 is 158 Å². The highest BCUT2D eigenvalue weighted by Gasteiger charge is 2.27. The van der Waals surface area contributed by atoms with Gasteiger partial charge in [-0.15, -0.1) is 0 Å². The molecule has 0 radical (unpaired) electrons. The first-order valence-electron chi connectivity index (χ1n) is 41.3. The Labute approximate surface area is 663 Å². The lowest BCUT2D eigenvalue weighted by Crippen LogP contribution is -2.29. The van der Waals surface area contributed by atoms with Crippen LogP contribution in [0.3, 0.4) is 0 Å². The molecule has 0 aliphatic heterocycles. The Balaban J connectivity index is 0.000000120. The van der Waals surface area contributed by atoms with E-state index in [0.29, 0.717) is 50.8 Å². The van der Waals surface area contributed by atoms with Crippen LogP contribution in [0.5, 0.6) is 0 Å². The van der Waals surface area contributed by atoms with Gasteiger partial charge >= 0.3 is 21.4 Å². The first-order valence-corrected chi connectivity index (χ1v) is 36.3. The molecular weight excluding hydrogens is 1420 g/mol. The molecule has 18 nitrogen and oxygen atoms in total. The summed E-state index contributed by atoms with van der Waals surface area (Å²) in [5, 5.41) is 69.1. The fourth-order valence-corrected chi connectivity index (χ4v) is 15.2. The summed E-state index contributed by atoms with van der Waals surface area (Å²) < 4.78 is 101. The Morgan fingerprint density at radius 3 is 1.24 bits per heavy atom. The van der Waals surface area contributed by atoms with Crippen LogP contribution >= 0.6 is 0 Å². The summed E-state index contributed by atoms with van der Waals surface area (Å²) >= 11 is 0. The van der Waals surface area contributed by atoms with E-state index in [1.54, 1.807) is 60.7 Å². The number of aromatic nitrogens is 10. The van der Waals surface area contributed by atoms with Gasteiger partial charge in [0.2, 0.25) is 17.6 Å². The van der Waals surface area contributed by atoms with Crippen molar-refractivity contribution in [2.45, 2.75) is 0 Å². The molecule has 22 aromatic rings. The van der Waals surface area contributed by atoms with Gasteiger partial charge in [-0.25, -0.2) is 29.9 Å². The number of hydrogen-bond donors (Lipinski definition) is 6. The quantitative estimate of drug-likeness (QED) is 0.0659. The van der Waals surface area contributed by atoms with Crippen LogP contribution in [0.1, 0.15) is 13.7 Å². The van der Waals surface area contributed by atoms with Gasteiger partial charge in [0.1, 0.15) is 22.4 Å². The standard InChI is InChI=1S/C33H23BN4O2.C32H20BN3O3.C28H18BN3O3/c39-34(40)25-17-20-30-28(21-25)27-13-7-8-14-29(27)38(30)26-18-15-24(16-19-26)33-36-31(22-9-3-1-4-10-22)35-32(37-33)23-11-5-2-6-12-23;37-33(38)21-15-16-26-24(18-21)23-12-6-7-13-25(23)36(26)32-34-29(20-9-2-1-3-10-20)31-30(35-32)28-22-11-5-4-8-19(22)14-17-27(28)39-31;33-29(34)18-14-15-23-21(16-18)19-10-4-6-12-22(19)32(23)28-30-26(17-8-2-1-3-9-17)25-20-11-5-7-13-24(20)35-27(25)31-28/h1-21,39-40H;1-18,37-38H;1-16,33-34H/i1D,2D,3D,4D,5D,6D,9D,10D,11D,12D;;. The van der Waals surface area contributed by atoms with Crippen molar-refractivity contribution in [3.63, 3.8) is 0 Å². The maximum Gasteiger partial charge on any atom is 0.488 e. The van der Waals surface area contributed by atoms with Crippen LogP contribution in [0.2, 0.25) is 0 Å². The van der Waals surface area contributed by atoms with E-state index in [1.807, 2.05) is 208 Å². The highest BCUT2D eigenvalue weighted by atomic mass is 16.4. The van der Waals surface area contributed by atoms with Crippen molar-refractivity contribution in [2.75, 3.05) is 0 Å². The topological polar surface area (TPSA) is 253 Å². The molecule has 0 bridgehead atoms. The normalized spacial score (nSPS) is 12.8. The molecule has 0 atom stereocenters. The maximum absolute atomic E-state index is 9.84. The molecule has 14 aromatic carbocycles. The van der Waals surface area contributed by atoms with Crippen LogP contribution in [-0.2, 0) is 0 Å². The number of furan rings is 2. The number of fused-ring (bicyclic) bond motifs is 17. The summed E-state index contributed by atoms with van der Waals surface area (Å²) in [5.74, 6) is 0.266. The second-order valence-electron chi connectivity index (χ2n) is 27.1. The van der Waals surface area contributed by atoms with Gasteiger partial charge in [0.25, 0.3) is 0 Å².